The van der Waals surface area contributed by atoms with Gasteiger partial charge in [0.25, 0.3) is 0 Å². The zero-order valence-electron chi connectivity index (χ0n) is 20.0. The number of methoxy groups -OCH3 is 4. The molecule has 10 nitrogen and oxygen atoms in total. The van der Waals surface area contributed by atoms with Crippen molar-refractivity contribution in [2.45, 2.75) is 25.0 Å². The number of anilines is 1. The number of hydrogen-bond donors (Lipinski definition) is 2. The Morgan fingerprint density at radius 3 is 2.09 bits per heavy atom. The van der Waals surface area contributed by atoms with Gasteiger partial charge in [-0.05, 0) is 30.2 Å². The minimum atomic E-state index is -3.73. The fourth-order valence-corrected chi connectivity index (χ4v) is 4.29. The van der Waals surface area contributed by atoms with Gasteiger partial charge in [-0.3, -0.25) is 9.59 Å². The quantitative estimate of drug-likeness (QED) is 0.417. The highest BCUT2D eigenvalue weighted by Crippen LogP contribution is 2.35. The van der Waals surface area contributed by atoms with Gasteiger partial charge in [-0.15, -0.1) is 0 Å². The van der Waals surface area contributed by atoms with Crippen molar-refractivity contribution in [3.8, 4) is 23.0 Å². The largest absolute Gasteiger partial charge is 0.496 e. The lowest BCUT2D eigenvalue weighted by Gasteiger charge is -2.13. The third-order valence-corrected chi connectivity index (χ3v) is 6.18. The predicted molar refractivity (Wildman–Crippen MR) is 131 cm³/mol. The van der Waals surface area contributed by atoms with Gasteiger partial charge in [-0.25, -0.2) is 8.42 Å². The molecule has 0 aliphatic carbocycles. The Balaban J connectivity index is 2.23. The van der Waals surface area contributed by atoms with E-state index in [0.717, 1.165) is 5.41 Å². The number of ether oxygens (including phenoxy) is 4. The van der Waals surface area contributed by atoms with Gasteiger partial charge in [0.2, 0.25) is 5.91 Å². The van der Waals surface area contributed by atoms with E-state index in [1.54, 1.807) is 24.3 Å². The van der Waals surface area contributed by atoms with Crippen LogP contribution >= 0.6 is 0 Å². The SMILES string of the molecule is COc1cc(OC)c(/C=C/S(=O)(=O)Cc2ccc(OC)c(NC(=O)CCCC(=O)O)c2)c(OC)c1. The summed E-state index contributed by atoms with van der Waals surface area (Å²) in [5.74, 6) is -0.120. The highest BCUT2D eigenvalue weighted by molar-refractivity contribution is 7.93. The number of hydrogen-bond acceptors (Lipinski definition) is 8. The molecule has 0 bridgehead atoms. The zero-order chi connectivity index (χ0) is 26.0. The van der Waals surface area contributed by atoms with Gasteiger partial charge in [-0.1, -0.05) is 6.07 Å². The maximum Gasteiger partial charge on any atom is 0.303 e. The maximum absolute atomic E-state index is 12.8. The van der Waals surface area contributed by atoms with E-state index in [9.17, 15) is 18.0 Å². The molecule has 190 valence electrons. The van der Waals surface area contributed by atoms with Gasteiger partial charge in [-0.2, -0.15) is 0 Å². The van der Waals surface area contributed by atoms with Crippen LogP contribution < -0.4 is 24.3 Å². The fourth-order valence-electron chi connectivity index (χ4n) is 3.20. The van der Waals surface area contributed by atoms with Crippen molar-refractivity contribution in [2.24, 2.45) is 0 Å². The van der Waals surface area contributed by atoms with Crippen LogP contribution in [0, 0.1) is 0 Å². The molecule has 0 heterocycles. The Hall–Kier alpha value is -3.73. The number of carboxylic acid groups (broad SMARTS) is 1. The zero-order valence-corrected chi connectivity index (χ0v) is 20.8. The summed E-state index contributed by atoms with van der Waals surface area (Å²) in [5, 5.41) is 12.4. The average molecular weight is 508 g/mol. The van der Waals surface area contributed by atoms with Crippen molar-refractivity contribution in [3.05, 3.63) is 46.9 Å². The summed E-state index contributed by atoms with van der Waals surface area (Å²) in [7, 11) is 2.09. The number of rotatable bonds is 13. The number of carbonyl (C=O) groups excluding carboxylic acids is 1. The van der Waals surface area contributed by atoms with Crippen molar-refractivity contribution in [1.29, 1.82) is 0 Å². The van der Waals surface area contributed by atoms with Gasteiger partial charge in [0.15, 0.2) is 9.84 Å². The van der Waals surface area contributed by atoms with E-state index in [2.05, 4.69) is 5.32 Å². The van der Waals surface area contributed by atoms with Gasteiger partial charge >= 0.3 is 5.97 Å². The number of nitrogens with one attached hydrogen (secondary N) is 1. The molecule has 0 saturated heterocycles. The van der Waals surface area contributed by atoms with Crippen molar-refractivity contribution >= 4 is 33.5 Å². The normalized spacial score (nSPS) is 11.2. The summed E-state index contributed by atoms with van der Waals surface area (Å²) in [6.07, 6.45) is 1.45. The second-order valence-corrected chi connectivity index (χ2v) is 9.27. The molecule has 2 rings (SSSR count). The molecule has 0 unspecified atom stereocenters. The van der Waals surface area contributed by atoms with E-state index in [4.69, 9.17) is 24.1 Å². The smallest absolute Gasteiger partial charge is 0.303 e. The summed E-state index contributed by atoms with van der Waals surface area (Å²) in [4.78, 5) is 22.8. The molecule has 0 aromatic heterocycles. The number of sulfone groups is 1. The second kappa shape index (κ2) is 12.7. The van der Waals surface area contributed by atoms with Crippen molar-refractivity contribution in [1.82, 2.24) is 0 Å². The molecular formula is C24H29NO9S. The lowest BCUT2D eigenvalue weighted by molar-refractivity contribution is -0.137. The first kappa shape index (κ1) is 27.5. The monoisotopic (exact) mass is 507 g/mol. The molecule has 0 spiro atoms. The molecular weight excluding hydrogens is 478 g/mol. The van der Waals surface area contributed by atoms with Crippen LogP contribution in [0.2, 0.25) is 0 Å². The van der Waals surface area contributed by atoms with Crippen LogP contribution in [0.4, 0.5) is 5.69 Å². The minimum absolute atomic E-state index is 0.00620. The summed E-state index contributed by atoms with van der Waals surface area (Å²) < 4.78 is 46.8. The van der Waals surface area contributed by atoms with E-state index in [1.165, 1.54) is 40.6 Å². The average Bonchev–Trinajstić information content (AvgIpc) is 2.81. The molecule has 0 aliphatic rings. The van der Waals surface area contributed by atoms with Gasteiger partial charge in [0, 0.05) is 30.4 Å². The molecule has 11 heteroatoms. The van der Waals surface area contributed by atoms with Crippen LogP contribution in [-0.2, 0) is 25.2 Å². The van der Waals surface area contributed by atoms with Crippen molar-refractivity contribution in [3.63, 3.8) is 0 Å². The summed E-state index contributed by atoms with van der Waals surface area (Å²) in [6, 6.07) is 7.87. The van der Waals surface area contributed by atoms with Crippen LogP contribution in [-0.4, -0.2) is 53.8 Å². The van der Waals surface area contributed by atoms with Crippen LogP contribution in [0.1, 0.15) is 30.4 Å². The molecule has 2 N–H and O–H groups in total. The molecule has 1 amide bonds. The lowest BCUT2D eigenvalue weighted by atomic mass is 10.1. The van der Waals surface area contributed by atoms with E-state index < -0.39 is 21.7 Å². The van der Waals surface area contributed by atoms with Gasteiger partial charge in [0.05, 0.1) is 45.4 Å². The number of amides is 1. The molecule has 0 fully saturated rings. The van der Waals surface area contributed by atoms with E-state index in [-0.39, 0.29) is 25.0 Å². The number of carboxylic acids is 1. The molecule has 0 aliphatic heterocycles. The number of aliphatic carboxylic acids is 1. The predicted octanol–water partition coefficient (Wildman–Crippen LogP) is 3.50. The lowest BCUT2D eigenvalue weighted by Crippen LogP contribution is -2.13. The van der Waals surface area contributed by atoms with Crippen LogP contribution in [0.25, 0.3) is 6.08 Å². The second-order valence-electron chi connectivity index (χ2n) is 7.39. The highest BCUT2D eigenvalue weighted by Gasteiger charge is 2.15. The first-order chi connectivity index (χ1) is 16.6. The Kier molecular flexibility index (Phi) is 9.95. The third-order valence-electron chi connectivity index (χ3n) is 4.90. The molecule has 2 aromatic carbocycles. The Bertz CT molecular complexity index is 1160. The van der Waals surface area contributed by atoms with Crippen LogP contribution in [0.5, 0.6) is 23.0 Å². The fraction of sp³-hybridized carbons (Fsp3) is 0.333. The van der Waals surface area contributed by atoms with E-state index >= 15 is 0 Å². The highest BCUT2D eigenvalue weighted by atomic mass is 32.2. The Labute approximate surface area is 204 Å². The molecule has 2 aromatic rings. The summed E-state index contributed by atoms with van der Waals surface area (Å²) in [6.45, 7) is 0. The van der Waals surface area contributed by atoms with Gasteiger partial charge in [0.1, 0.15) is 23.0 Å². The van der Waals surface area contributed by atoms with Crippen molar-refractivity contribution < 1.29 is 42.1 Å². The molecule has 0 radical (unpaired) electrons. The first-order valence-electron chi connectivity index (χ1n) is 10.5. The molecule has 35 heavy (non-hydrogen) atoms. The van der Waals surface area contributed by atoms with E-state index in [1.807, 2.05) is 0 Å². The van der Waals surface area contributed by atoms with Crippen LogP contribution in [0.15, 0.2) is 35.7 Å². The third kappa shape index (κ3) is 8.21. The molecule has 0 atom stereocenters. The Morgan fingerprint density at radius 1 is 0.914 bits per heavy atom. The van der Waals surface area contributed by atoms with E-state index in [0.29, 0.717) is 39.8 Å². The standard InChI is InChI=1S/C24H29NO9S/c1-31-17-13-21(33-3)18(22(14-17)34-4)10-11-35(29,30)15-16-8-9-20(32-2)19(12-16)25-23(26)6-5-7-24(27)28/h8-14H,5-7,15H2,1-4H3,(H,25,26)(H,27,28)/b11-10+. The first-order valence-corrected chi connectivity index (χ1v) is 12.2. The molecule has 0 saturated carbocycles. The van der Waals surface area contributed by atoms with Gasteiger partial charge < -0.3 is 29.4 Å². The number of benzene rings is 2. The number of carbonyl (C=O) groups is 2. The van der Waals surface area contributed by atoms with Crippen molar-refractivity contribution in [2.75, 3.05) is 33.8 Å². The topological polar surface area (TPSA) is 137 Å². The van der Waals surface area contributed by atoms with Crippen LogP contribution in [0.3, 0.4) is 0 Å². The summed E-state index contributed by atoms with van der Waals surface area (Å²) >= 11 is 0. The maximum atomic E-state index is 12.8. The Morgan fingerprint density at radius 2 is 1.54 bits per heavy atom. The minimum Gasteiger partial charge on any atom is -0.496 e. The summed E-state index contributed by atoms with van der Waals surface area (Å²) in [5.41, 5.74) is 1.15.